The first-order chi connectivity index (χ1) is 16.8. The smallest absolute Gasteiger partial charge is 0.302 e. The lowest BCUT2D eigenvalue weighted by Crippen LogP contribution is -2.29. The van der Waals surface area contributed by atoms with Crippen molar-refractivity contribution in [3.8, 4) is 11.3 Å². The van der Waals surface area contributed by atoms with Gasteiger partial charge in [-0.15, -0.1) is 0 Å². The minimum absolute atomic E-state index is 0.0838. The maximum absolute atomic E-state index is 13.0. The summed E-state index contributed by atoms with van der Waals surface area (Å²) in [6, 6.07) is 8.39. The molecule has 0 aliphatic carbocycles. The largest absolute Gasteiger partial charge is 0.464 e. The number of benzene rings is 1. The van der Waals surface area contributed by atoms with E-state index in [4.69, 9.17) is 16.3 Å². The molecule has 10 heteroatoms. The highest BCUT2D eigenvalue weighted by atomic mass is 35.5. The van der Waals surface area contributed by atoms with Crippen LogP contribution in [-0.2, 0) is 9.53 Å². The number of amides is 1. The van der Waals surface area contributed by atoms with Crippen LogP contribution in [0.3, 0.4) is 0 Å². The fourth-order valence-electron chi connectivity index (χ4n) is 3.54. The van der Waals surface area contributed by atoms with E-state index >= 15 is 0 Å². The molecule has 3 rings (SSSR count). The maximum atomic E-state index is 13.0. The van der Waals surface area contributed by atoms with Crippen LogP contribution in [0.5, 0.6) is 0 Å². The van der Waals surface area contributed by atoms with Gasteiger partial charge in [0.25, 0.3) is 5.91 Å². The zero-order chi connectivity index (χ0) is 25.4. The number of aromatic nitrogens is 3. The Balaban J connectivity index is 1.76. The van der Waals surface area contributed by atoms with Crippen LogP contribution in [0.25, 0.3) is 11.3 Å². The summed E-state index contributed by atoms with van der Waals surface area (Å²) in [5, 5.41) is 16.2. The Morgan fingerprint density at radius 3 is 2.77 bits per heavy atom. The maximum Gasteiger partial charge on any atom is 0.302 e. The first-order valence-corrected chi connectivity index (χ1v) is 11.8. The predicted molar refractivity (Wildman–Crippen MR) is 134 cm³/mol. The molecule has 0 aliphatic heterocycles. The molecule has 1 amide bonds. The summed E-state index contributed by atoms with van der Waals surface area (Å²) in [6.07, 6.45) is 4.48. The van der Waals surface area contributed by atoms with Gasteiger partial charge in [0.2, 0.25) is 5.95 Å². The highest BCUT2D eigenvalue weighted by Crippen LogP contribution is 2.25. The lowest BCUT2D eigenvalue weighted by atomic mass is 10.0. The van der Waals surface area contributed by atoms with Gasteiger partial charge in [0.15, 0.2) is 0 Å². The van der Waals surface area contributed by atoms with E-state index in [0.717, 1.165) is 23.1 Å². The van der Waals surface area contributed by atoms with Crippen molar-refractivity contribution in [3.05, 3.63) is 64.6 Å². The second kappa shape index (κ2) is 12.3. The molecule has 0 unspecified atom stereocenters. The van der Waals surface area contributed by atoms with Crippen LogP contribution in [0.4, 0.5) is 5.95 Å². The van der Waals surface area contributed by atoms with Crippen LogP contribution in [0.2, 0.25) is 5.02 Å². The van der Waals surface area contributed by atoms with Crippen LogP contribution in [0.1, 0.15) is 54.3 Å². The lowest BCUT2D eigenvalue weighted by Gasteiger charge is -2.18. The third-order valence-electron chi connectivity index (χ3n) is 5.46. The molecule has 0 saturated heterocycles. The Morgan fingerprint density at radius 1 is 1.29 bits per heavy atom. The number of hydrogen-bond acceptors (Lipinski definition) is 7. The van der Waals surface area contributed by atoms with Gasteiger partial charge in [0, 0.05) is 36.5 Å². The lowest BCUT2D eigenvalue weighted by molar-refractivity contribution is -0.141. The van der Waals surface area contributed by atoms with Gasteiger partial charge in [-0.2, -0.15) is 0 Å². The third kappa shape index (κ3) is 7.27. The van der Waals surface area contributed by atoms with Gasteiger partial charge in [-0.3, -0.25) is 9.59 Å². The predicted octanol–water partition coefficient (Wildman–Crippen LogP) is 4.04. The van der Waals surface area contributed by atoms with E-state index in [0.29, 0.717) is 28.8 Å². The number of nitrogens with one attached hydrogen (secondary N) is 3. The number of hydrogen-bond donors (Lipinski definition) is 4. The second-order valence-corrected chi connectivity index (χ2v) is 8.61. The molecule has 3 aromatic rings. The number of carbonyl (C=O) groups is 2. The molecule has 1 aromatic carbocycles. The summed E-state index contributed by atoms with van der Waals surface area (Å²) in [6.45, 7) is 5.36. The number of aliphatic hydroxyl groups is 1. The molecule has 2 aromatic heterocycles. The van der Waals surface area contributed by atoms with Crippen molar-refractivity contribution in [2.24, 2.45) is 0 Å². The first-order valence-electron chi connectivity index (χ1n) is 11.4. The van der Waals surface area contributed by atoms with E-state index in [1.165, 1.54) is 6.92 Å². The van der Waals surface area contributed by atoms with Crippen molar-refractivity contribution in [3.63, 3.8) is 0 Å². The van der Waals surface area contributed by atoms with E-state index in [1.54, 1.807) is 36.7 Å². The van der Waals surface area contributed by atoms with Crippen molar-refractivity contribution in [2.75, 3.05) is 18.5 Å². The molecule has 0 radical (unpaired) electrons. The van der Waals surface area contributed by atoms with E-state index < -0.39 is 6.04 Å². The van der Waals surface area contributed by atoms with Gasteiger partial charge in [-0.25, -0.2) is 9.97 Å². The van der Waals surface area contributed by atoms with E-state index in [9.17, 15) is 14.7 Å². The quantitative estimate of drug-likeness (QED) is 0.293. The normalized spacial score (nSPS) is 12.6. The topological polar surface area (TPSA) is 129 Å². The number of aromatic amines is 1. The summed E-state index contributed by atoms with van der Waals surface area (Å²) in [4.78, 5) is 36.0. The molecule has 0 bridgehead atoms. The van der Waals surface area contributed by atoms with E-state index in [-0.39, 0.29) is 31.1 Å². The van der Waals surface area contributed by atoms with Crippen molar-refractivity contribution in [1.29, 1.82) is 0 Å². The standard InChI is InChI=1S/C25H30ClN5O4/c1-4-20(14-35-16(3)33)29-25-28-12-15(2)23(31-25)18-11-22(27-13-18)24(34)30-21(8-9-32)17-6-5-7-19(26)10-17/h5-7,10-13,20-21,27,32H,4,8-9,14H2,1-3H3,(H,30,34)(H,28,29,31)/t20-,21-/m1/s1. The van der Waals surface area contributed by atoms with Crippen molar-refractivity contribution in [1.82, 2.24) is 20.3 Å². The van der Waals surface area contributed by atoms with Crippen LogP contribution in [-0.4, -0.2) is 51.2 Å². The van der Waals surface area contributed by atoms with E-state index in [1.807, 2.05) is 19.9 Å². The summed E-state index contributed by atoms with van der Waals surface area (Å²) < 4.78 is 5.09. The Kier molecular flexibility index (Phi) is 9.22. The number of ether oxygens (including phenoxy) is 1. The zero-order valence-electron chi connectivity index (χ0n) is 20.0. The van der Waals surface area contributed by atoms with Crippen LogP contribution in [0.15, 0.2) is 42.7 Å². The van der Waals surface area contributed by atoms with Crippen LogP contribution in [0, 0.1) is 6.92 Å². The molecule has 0 saturated carbocycles. The molecule has 0 spiro atoms. The molecule has 35 heavy (non-hydrogen) atoms. The SMILES string of the molecule is CC[C@H](COC(C)=O)Nc1ncc(C)c(-c2c[nH]c(C(=O)N[C@H](CCO)c3cccc(Cl)c3)c2)n1. The molecule has 0 aliphatic rings. The Bertz CT molecular complexity index is 1170. The summed E-state index contributed by atoms with van der Waals surface area (Å²) in [5.41, 5.74) is 3.41. The van der Waals surface area contributed by atoms with Gasteiger partial charge in [-0.05, 0) is 49.1 Å². The molecule has 2 atom stereocenters. The third-order valence-corrected chi connectivity index (χ3v) is 5.70. The fourth-order valence-corrected chi connectivity index (χ4v) is 3.74. The van der Waals surface area contributed by atoms with Gasteiger partial charge in [0.1, 0.15) is 12.3 Å². The number of H-pyrrole nitrogens is 1. The number of rotatable bonds is 11. The molecular weight excluding hydrogens is 470 g/mol. The molecule has 186 valence electrons. The number of aryl methyl sites for hydroxylation is 1. The van der Waals surface area contributed by atoms with Crippen LogP contribution >= 0.6 is 11.6 Å². The number of carbonyl (C=O) groups excluding carboxylic acids is 2. The number of nitrogens with zero attached hydrogens (tertiary/aromatic N) is 2. The van der Waals surface area contributed by atoms with Gasteiger partial charge >= 0.3 is 5.97 Å². The average molecular weight is 500 g/mol. The van der Waals surface area contributed by atoms with Crippen LogP contribution < -0.4 is 10.6 Å². The highest BCUT2D eigenvalue weighted by molar-refractivity contribution is 6.30. The average Bonchev–Trinajstić information content (AvgIpc) is 3.32. The Morgan fingerprint density at radius 2 is 2.09 bits per heavy atom. The molecular formula is C25H30ClN5O4. The number of halogens is 1. The minimum Gasteiger partial charge on any atom is -0.464 e. The van der Waals surface area contributed by atoms with Crippen molar-refractivity contribution < 1.29 is 19.4 Å². The van der Waals surface area contributed by atoms with Gasteiger partial charge < -0.3 is 25.5 Å². The summed E-state index contributed by atoms with van der Waals surface area (Å²) in [5.74, 6) is -0.251. The molecule has 2 heterocycles. The second-order valence-electron chi connectivity index (χ2n) is 8.17. The number of aliphatic hydroxyl groups excluding tert-OH is 1. The van der Waals surface area contributed by atoms with Crippen molar-refractivity contribution in [2.45, 2.75) is 45.7 Å². The van der Waals surface area contributed by atoms with Gasteiger partial charge in [-0.1, -0.05) is 30.7 Å². The fraction of sp³-hybridized carbons (Fsp3) is 0.360. The molecule has 4 N–H and O–H groups in total. The number of anilines is 1. The molecule has 9 nitrogen and oxygen atoms in total. The summed E-state index contributed by atoms with van der Waals surface area (Å²) in [7, 11) is 0. The highest BCUT2D eigenvalue weighted by Gasteiger charge is 2.19. The van der Waals surface area contributed by atoms with Gasteiger partial charge in [0.05, 0.1) is 17.8 Å². The monoisotopic (exact) mass is 499 g/mol. The zero-order valence-corrected chi connectivity index (χ0v) is 20.7. The minimum atomic E-state index is -0.391. The van der Waals surface area contributed by atoms with E-state index in [2.05, 4.69) is 25.6 Å². The molecule has 0 fully saturated rings. The Labute approximate surface area is 209 Å². The number of esters is 1. The Hall–Kier alpha value is -3.43. The summed E-state index contributed by atoms with van der Waals surface area (Å²) >= 11 is 6.09. The first kappa shape index (κ1) is 26.2. The van der Waals surface area contributed by atoms with Crippen molar-refractivity contribution >= 4 is 29.4 Å².